The van der Waals surface area contributed by atoms with Crippen LogP contribution in [0.3, 0.4) is 0 Å². The zero-order valence-corrected chi connectivity index (χ0v) is 14.6. The standard InChI is InChI=1S/C13H16ClF3N2O2S.ClH/c1-18-8-9-3-2-6-19(9)22(20,21)10-4-5-12(14)11(7-10)13(15,16)17;/h4-5,7,9,18H,2-3,6,8H2,1H3;1H. The second-order valence-corrected chi connectivity index (χ2v) is 7.41. The average Bonchev–Trinajstić information content (AvgIpc) is 2.87. The van der Waals surface area contributed by atoms with Gasteiger partial charge in [-0.1, -0.05) is 11.6 Å². The number of alkyl halides is 3. The Morgan fingerprint density at radius 3 is 2.61 bits per heavy atom. The molecule has 0 aliphatic carbocycles. The number of halogens is 5. The first-order valence-corrected chi connectivity index (χ1v) is 8.53. The zero-order chi connectivity index (χ0) is 16.5. The molecule has 0 spiro atoms. The maximum Gasteiger partial charge on any atom is 0.417 e. The van der Waals surface area contributed by atoms with Gasteiger partial charge in [0, 0.05) is 19.1 Å². The third-order valence-electron chi connectivity index (χ3n) is 3.61. The minimum Gasteiger partial charge on any atom is -0.318 e. The highest BCUT2D eigenvalue weighted by molar-refractivity contribution is 7.89. The van der Waals surface area contributed by atoms with Crippen molar-refractivity contribution < 1.29 is 21.6 Å². The summed E-state index contributed by atoms with van der Waals surface area (Å²) in [7, 11) is -2.27. The van der Waals surface area contributed by atoms with E-state index in [1.165, 1.54) is 4.31 Å². The number of benzene rings is 1. The molecule has 23 heavy (non-hydrogen) atoms. The van der Waals surface area contributed by atoms with Crippen LogP contribution in [-0.2, 0) is 16.2 Å². The third-order valence-corrected chi connectivity index (χ3v) is 5.89. The third kappa shape index (κ3) is 4.30. The Bertz CT molecular complexity index is 653. The molecule has 1 aromatic rings. The molecule has 1 aliphatic rings. The maximum atomic E-state index is 12.9. The molecular formula is C13H17Cl2F3N2O2S. The number of sulfonamides is 1. The summed E-state index contributed by atoms with van der Waals surface area (Å²) in [6.45, 7) is 0.762. The van der Waals surface area contributed by atoms with Crippen LogP contribution in [0.5, 0.6) is 0 Å². The van der Waals surface area contributed by atoms with E-state index in [0.717, 1.165) is 12.1 Å². The summed E-state index contributed by atoms with van der Waals surface area (Å²) in [5, 5.41) is 2.39. The zero-order valence-electron chi connectivity index (χ0n) is 12.2. The van der Waals surface area contributed by atoms with Crippen LogP contribution in [0.25, 0.3) is 0 Å². The lowest BCUT2D eigenvalue weighted by Gasteiger charge is -2.24. The topological polar surface area (TPSA) is 49.4 Å². The molecule has 1 unspecified atom stereocenters. The van der Waals surface area contributed by atoms with Crippen molar-refractivity contribution in [3.8, 4) is 0 Å². The number of hydrogen-bond donors (Lipinski definition) is 1. The van der Waals surface area contributed by atoms with E-state index in [4.69, 9.17) is 11.6 Å². The summed E-state index contributed by atoms with van der Waals surface area (Å²) in [5.41, 5.74) is -1.14. The van der Waals surface area contributed by atoms with E-state index in [2.05, 4.69) is 5.32 Å². The van der Waals surface area contributed by atoms with Crippen molar-refractivity contribution in [1.82, 2.24) is 9.62 Å². The smallest absolute Gasteiger partial charge is 0.318 e. The van der Waals surface area contributed by atoms with Gasteiger partial charge in [0.05, 0.1) is 15.5 Å². The Balaban J connectivity index is 0.00000264. The lowest BCUT2D eigenvalue weighted by Crippen LogP contribution is -2.40. The Kier molecular flexibility index (Phi) is 6.74. The van der Waals surface area contributed by atoms with Crippen LogP contribution in [0.2, 0.25) is 5.02 Å². The van der Waals surface area contributed by atoms with Gasteiger partial charge in [0.15, 0.2) is 0 Å². The first-order chi connectivity index (χ1) is 10.2. The van der Waals surface area contributed by atoms with Crippen LogP contribution in [0.1, 0.15) is 18.4 Å². The van der Waals surface area contributed by atoms with Crippen LogP contribution >= 0.6 is 24.0 Å². The predicted octanol–water partition coefficient (Wildman–Crippen LogP) is 3.15. The monoisotopic (exact) mass is 392 g/mol. The molecule has 1 N–H and O–H groups in total. The summed E-state index contributed by atoms with van der Waals surface area (Å²) in [6.07, 6.45) is -3.33. The molecule has 0 saturated carbocycles. The van der Waals surface area contributed by atoms with Crippen molar-refractivity contribution >= 4 is 34.0 Å². The molecule has 1 heterocycles. The van der Waals surface area contributed by atoms with Crippen molar-refractivity contribution in [2.75, 3.05) is 20.1 Å². The van der Waals surface area contributed by atoms with Crippen LogP contribution < -0.4 is 5.32 Å². The molecule has 1 fully saturated rings. The van der Waals surface area contributed by atoms with Crippen LogP contribution in [0.4, 0.5) is 13.2 Å². The second kappa shape index (κ2) is 7.57. The van der Waals surface area contributed by atoms with Gasteiger partial charge in [-0.25, -0.2) is 8.42 Å². The molecule has 10 heteroatoms. The van der Waals surface area contributed by atoms with Crippen LogP contribution in [0.15, 0.2) is 23.1 Å². The minimum absolute atomic E-state index is 0. The highest BCUT2D eigenvalue weighted by atomic mass is 35.5. The van der Waals surface area contributed by atoms with Gasteiger partial charge >= 0.3 is 6.18 Å². The lowest BCUT2D eigenvalue weighted by molar-refractivity contribution is -0.137. The Hall–Kier alpha value is -0.540. The van der Waals surface area contributed by atoms with E-state index >= 15 is 0 Å². The van der Waals surface area contributed by atoms with Gasteiger partial charge in [0.1, 0.15) is 0 Å². The molecule has 1 saturated heterocycles. The first kappa shape index (κ1) is 20.5. The molecule has 1 aliphatic heterocycles. The van der Waals surface area contributed by atoms with Crippen molar-refractivity contribution in [3.05, 3.63) is 28.8 Å². The van der Waals surface area contributed by atoms with E-state index in [-0.39, 0.29) is 23.3 Å². The highest BCUT2D eigenvalue weighted by Gasteiger charge is 2.38. The fraction of sp³-hybridized carbons (Fsp3) is 0.538. The van der Waals surface area contributed by atoms with Crippen molar-refractivity contribution in [1.29, 1.82) is 0 Å². The molecule has 0 aromatic heterocycles. The normalized spacial score (nSPS) is 19.6. The molecule has 4 nitrogen and oxygen atoms in total. The van der Waals surface area contributed by atoms with Crippen LogP contribution in [-0.4, -0.2) is 38.9 Å². The van der Waals surface area contributed by atoms with E-state index in [1.54, 1.807) is 7.05 Å². The minimum atomic E-state index is -4.70. The van der Waals surface area contributed by atoms with Gasteiger partial charge in [-0.15, -0.1) is 12.4 Å². The summed E-state index contributed by atoms with van der Waals surface area (Å²) < 4.78 is 65.1. The maximum absolute atomic E-state index is 12.9. The summed E-state index contributed by atoms with van der Waals surface area (Å²) in [6, 6.07) is 2.44. The van der Waals surface area contributed by atoms with Gasteiger partial charge < -0.3 is 5.32 Å². The van der Waals surface area contributed by atoms with Crippen LogP contribution in [0, 0.1) is 0 Å². The van der Waals surface area contributed by atoms with Gasteiger partial charge in [0.25, 0.3) is 0 Å². The SMILES string of the molecule is CNCC1CCCN1S(=O)(=O)c1ccc(Cl)c(C(F)(F)F)c1.Cl. The first-order valence-electron chi connectivity index (χ1n) is 6.71. The Labute approximate surface area is 144 Å². The molecule has 132 valence electrons. The highest BCUT2D eigenvalue weighted by Crippen LogP contribution is 2.37. The fourth-order valence-electron chi connectivity index (χ4n) is 2.58. The number of hydrogen-bond acceptors (Lipinski definition) is 3. The molecule has 0 amide bonds. The molecular weight excluding hydrogens is 376 g/mol. The molecule has 1 aromatic carbocycles. The second-order valence-electron chi connectivity index (χ2n) is 5.11. The number of nitrogens with one attached hydrogen (secondary N) is 1. The summed E-state index contributed by atoms with van der Waals surface area (Å²) >= 11 is 5.53. The van der Waals surface area contributed by atoms with E-state index in [1.807, 2.05) is 0 Å². The Morgan fingerprint density at radius 2 is 2.04 bits per heavy atom. The number of nitrogens with zero attached hydrogens (tertiary/aromatic N) is 1. The largest absolute Gasteiger partial charge is 0.417 e. The quantitative estimate of drug-likeness (QED) is 0.855. The molecule has 1 atom stereocenters. The van der Waals surface area contributed by atoms with E-state index < -0.39 is 26.8 Å². The van der Waals surface area contributed by atoms with Crippen molar-refractivity contribution in [2.45, 2.75) is 30.0 Å². The van der Waals surface area contributed by atoms with Gasteiger partial charge in [-0.05, 0) is 38.1 Å². The number of likely N-dealkylation sites (N-methyl/N-ethyl adjacent to an activating group) is 1. The molecule has 2 rings (SSSR count). The van der Waals surface area contributed by atoms with Crippen molar-refractivity contribution in [3.63, 3.8) is 0 Å². The van der Waals surface area contributed by atoms with E-state index in [0.29, 0.717) is 32.0 Å². The molecule has 0 radical (unpaired) electrons. The lowest BCUT2D eigenvalue weighted by atomic mass is 10.2. The summed E-state index contributed by atoms with van der Waals surface area (Å²) in [5.74, 6) is 0. The summed E-state index contributed by atoms with van der Waals surface area (Å²) in [4.78, 5) is -0.382. The fourth-order valence-corrected chi connectivity index (χ4v) is 4.53. The predicted molar refractivity (Wildman–Crippen MR) is 84.5 cm³/mol. The molecule has 0 bridgehead atoms. The van der Waals surface area contributed by atoms with Gasteiger partial charge in [-0.2, -0.15) is 17.5 Å². The van der Waals surface area contributed by atoms with E-state index in [9.17, 15) is 21.6 Å². The Morgan fingerprint density at radius 1 is 1.39 bits per heavy atom. The van der Waals surface area contributed by atoms with Gasteiger partial charge in [0.2, 0.25) is 10.0 Å². The average molecular weight is 393 g/mol. The van der Waals surface area contributed by atoms with Gasteiger partial charge in [-0.3, -0.25) is 0 Å². The number of rotatable bonds is 4. The van der Waals surface area contributed by atoms with Crippen molar-refractivity contribution in [2.24, 2.45) is 0 Å².